The van der Waals surface area contributed by atoms with Crippen molar-refractivity contribution in [1.82, 2.24) is 0 Å². The van der Waals surface area contributed by atoms with Crippen LogP contribution < -0.4 is 0 Å². The monoisotopic (exact) mass is 503 g/mol. The standard InChI is InChI=1S/C23H44.C13H26/c1-6-10-11-12-13-14-15-16-17-18-20-21(5)23(9-4)22(8-3)19-7-2;1-9(2)12-7-6-8-13(10(3)4)11(12)5/h9,22-23H,4-8,10-20H2,1-3H3;9-13H,6-8H2,1-5H3. The molecular formula is C36H70. The summed E-state index contributed by atoms with van der Waals surface area (Å²) in [6, 6.07) is 0. The molecule has 0 N–H and O–H groups in total. The predicted octanol–water partition coefficient (Wildman–Crippen LogP) is 12.8. The molecule has 0 saturated heterocycles. The van der Waals surface area contributed by atoms with Crippen LogP contribution in [-0.2, 0) is 0 Å². The van der Waals surface area contributed by atoms with Gasteiger partial charge in [0.1, 0.15) is 0 Å². The second-order valence-electron chi connectivity index (χ2n) is 12.9. The fourth-order valence-electron chi connectivity index (χ4n) is 7.02. The summed E-state index contributed by atoms with van der Waals surface area (Å²) in [6.07, 6.45) is 25.7. The molecule has 0 spiro atoms. The highest BCUT2D eigenvalue weighted by molar-refractivity contribution is 5.09. The molecule has 1 rings (SSSR count). The first kappa shape index (κ1) is 35.5. The second kappa shape index (κ2) is 22.5. The summed E-state index contributed by atoms with van der Waals surface area (Å²) < 4.78 is 0. The van der Waals surface area contributed by atoms with Crippen LogP contribution in [0.15, 0.2) is 24.8 Å². The third-order valence-electron chi connectivity index (χ3n) is 9.41. The van der Waals surface area contributed by atoms with E-state index in [1.807, 2.05) is 0 Å². The third-order valence-corrected chi connectivity index (χ3v) is 9.41. The Balaban J connectivity index is 0.000000790. The van der Waals surface area contributed by atoms with Gasteiger partial charge >= 0.3 is 0 Å². The highest BCUT2D eigenvalue weighted by Crippen LogP contribution is 2.41. The first-order valence-electron chi connectivity index (χ1n) is 16.5. The van der Waals surface area contributed by atoms with E-state index in [0.29, 0.717) is 5.92 Å². The Morgan fingerprint density at radius 3 is 1.61 bits per heavy atom. The Hall–Kier alpha value is -0.520. The Labute approximate surface area is 230 Å². The van der Waals surface area contributed by atoms with Crippen molar-refractivity contribution in [2.45, 2.75) is 165 Å². The van der Waals surface area contributed by atoms with Crippen molar-refractivity contribution < 1.29 is 0 Å². The lowest BCUT2D eigenvalue weighted by atomic mass is 9.65. The molecule has 0 bridgehead atoms. The number of allylic oxidation sites excluding steroid dienone is 2. The Bertz CT molecular complexity index is 496. The van der Waals surface area contributed by atoms with E-state index >= 15 is 0 Å². The van der Waals surface area contributed by atoms with Crippen molar-refractivity contribution in [3.05, 3.63) is 24.8 Å². The highest BCUT2D eigenvalue weighted by atomic mass is 14.4. The van der Waals surface area contributed by atoms with Crippen LogP contribution in [0.25, 0.3) is 0 Å². The summed E-state index contributed by atoms with van der Waals surface area (Å²) in [5, 5.41) is 0. The molecule has 0 aromatic carbocycles. The molecule has 1 saturated carbocycles. The summed E-state index contributed by atoms with van der Waals surface area (Å²) in [7, 11) is 0. The minimum absolute atomic E-state index is 0.540. The van der Waals surface area contributed by atoms with Gasteiger partial charge in [-0.2, -0.15) is 0 Å². The van der Waals surface area contributed by atoms with Crippen LogP contribution >= 0.6 is 0 Å². The fourth-order valence-corrected chi connectivity index (χ4v) is 7.02. The normalized spacial score (nSPS) is 21.7. The molecule has 0 aromatic heterocycles. The summed E-state index contributed by atoms with van der Waals surface area (Å²) in [5.41, 5.74) is 1.43. The van der Waals surface area contributed by atoms with Gasteiger partial charge in [-0.05, 0) is 73.5 Å². The Morgan fingerprint density at radius 2 is 1.22 bits per heavy atom. The third kappa shape index (κ3) is 15.0. The Morgan fingerprint density at radius 1 is 0.750 bits per heavy atom. The molecule has 0 radical (unpaired) electrons. The molecule has 0 amide bonds. The van der Waals surface area contributed by atoms with E-state index in [2.05, 4.69) is 74.6 Å². The van der Waals surface area contributed by atoms with E-state index in [1.54, 1.807) is 0 Å². The smallest absolute Gasteiger partial charge is 0.0000458 e. The Kier molecular flexibility index (Phi) is 22.1. The zero-order valence-corrected chi connectivity index (χ0v) is 26.6. The van der Waals surface area contributed by atoms with E-state index in [1.165, 1.54) is 115 Å². The minimum atomic E-state index is 0.540. The maximum absolute atomic E-state index is 4.38. The summed E-state index contributed by atoms with van der Waals surface area (Å²) >= 11 is 0. The molecule has 1 aliphatic carbocycles. The van der Waals surface area contributed by atoms with Gasteiger partial charge in [-0.15, -0.1) is 6.58 Å². The van der Waals surface area contributed by atoms with Crippen LogP contribution in [0.3, 0.4) is 0 Å². The van der Waals surface area contributed by atoms with Crippen molar-refractivity contribution in [3.63, 3.8) is 0 Å². The molecule has 1 aliphatic rings. The van der Waals surface area contributed by atoms with E-state index in [0.717, 1.165) is 35.5 Å². The molecule has 36 heavy (non-hydrogen) atoms. The summed E-state index contributed by atoms with van der Waals surface area (Å²) in [4.78, 5) is 0. The minimum Gasteiger partial charge on any atom is -0.102 e. The molecule has 4 unspecified atom stereocenters. The number of hydrogen-bond acceptors (Lipinski definition) is 0. The lowest BCUT2D eigenvalue weighted by Gasteiger charge is -2.40. The maximum Gasteiger partial charge on any atom is -0.0000458 e. The van der Waals surface area contributed by atoms with Gasteiger partial charge in [-0.25, -0.2) is 0 Å². The number of hydrogen-bond donors (Lipinski definition) is 0. The van der Waals surface area contributed by atoms with Gasteiger partial charge in [0.2, 0.25) is 0 Å². The van der Waals surface area contributed by atoms with Crippen molar-refractivity contribution in [1.29, 1.82) is 0 Å². The van der Waals surface area contributed by atoms with Crippen LogP contribution in [0.4, 0.5) is 0 Å². The molecule has 0 aromatic rings. The molecule has 214 valence electrons. The predicted molar refractivity (Wildman–Crippen MR) is 168 cm³/mol. The van der Waals surface area contributed by atoms with Gasteiger partial charge in [0.15, 0.2) is 0 Å². The van der Waals surface area contributed by atoms with Crippen molar-refractivity contribution in [2.75, 3.05) is 0 Å². The SMILES string of the molecule is C=CC(C(=C)CCCCCCCCCCCC)C(CC)CCC.CC(C)C1CCCC(C(C)C)C1C. The van der Waals surface area contributed by atoms with Gasteiger partial charge in [-0.3, -0.25) is 0 Å². The van der Waals surface area contributed by atoms with Gasteiger partial charge in [0.05, 0.1) is 0 Å². The molecule has 0 nitrogen and oxygen atoms in total. The van der Waals surface area contributed by atoms with Crippen molar-refractivity contribution in [2.24, 2.45) is 41.4 Å². The molecular weight excluding hydrogens is 432 g/mol. The second-order valence-corrected chi connectivity index (χ2v) is 12.9. The average molecular weight is 503 g/mol. The van der Waals surface area contributed by atoms with Crippen molar-refractivity contribution >= 4 is 0 Å². The van der Waals surface area contributed by atoms with E-state index in [9.17, 15) is 0 Å². The molecule has 0 heterocycles. The zero-order chi connectivity index (χ0) is 27.3. The van der Waals surface area contributed by atoms with Crippen LogP contribution in [-0.4, -0.2) is 0 Å². The van der Waals surface area contributed by atoms with Crippen LogP contribution in [0, 0.1) is 41.4 Å². The molecule has 0 heteroatoms. The van der Waals surface area contributed by atoms with E-state index in [4.69, 9.17) is 0 Å². The molecule has 4 atom stereocenters. The summed E-state index contributed by atoms with van der Waals surface area (Å²) in [6.45, 7) is 27.4. The topological polar surface area (TPSA) is 0 Å². The first-order valence-corrected chi connectivity index (χ1v) is 16.5. The van der Waals surface area contributed by atoms with Crippen molar-refractivity contribution in [3.8, 4) is 0 Å². The molecule has 1 fully saturated rings. The summed E-state index contributed by atoms with van der Waals surface area (Å²) in [5.74, 6) is 6.00. The number of unbranched alkanes of at least 4 members (excludes halogenated alkanes) is 9. The van der Waals surface area contributed by atoms with Gasteiger partial charge in [0.25, 0.3) is 0 Å². The van der Waals surface area contributed by atoms with Gasteiger partial charge in [0, 0.05) is 0 Å². The largest absolute Gasteiger partial charge is 0.102 e. The lowest BCUT2D eigenvalue weighted by molar-refractivity contribution is 0.0966. The fraction of sp³-hybridized carbons (Fsp3) is 0.889. The van der Waals surface area contributed by atoms with E-state index in [-0.39, 0.29) is 0 Å². The van der Waals surface area contributed by atoms with Crippen LogP contribution in [0.2, 0.25) is 0 Å². The maximum atomic E-state index is 4.38. The van der Waals surface area contributed by atoms with Gasteiger partial charge < -0.3 is 0 Å². The van der Waals surface area contributed by atoms with Crippen LogP contribution in [0.1, 0.15) is 165 Å². The van der Waals surface area contributed by atoms with Crippen LogP contribution in [0.5, 0.6) is 0 Å². The van der Waals surface area contributed by atoms with Gasteiger partial charge in [-0.1, -0.05) is 151 Å². The van der Waals surface area contributed by atoms with E-state index < -0.39 is 0 Å². The quantitative estimate of drug-likeness (QED) is 0.122. The number of rotatable bonds is 19. The molecule has 0 aliphatic heterocycles. The lowest BCUT2D eigenvalue weighted by Crippen LogP contribution is -2.32. The zero-order valence-electron chi connectivity index (χ0n) is 26.6. The average Bonchev–Trinajstić information content (AvgIpc) is 2.85. The highest BCUT2D eigenvalue weighted by Gasteiger charge is 2.32. The first-order chi connectivity index (χ1) is 17.2.